The molecule has 0 radical (unpaired) electrons. The molecule has 4 aliphatic carbocycles. The highest BCUT2D eigenvalue weighted by molar-refractivity contribution is 5.96. The molecule has 4 aliphatic rings. The lowest BCUT2D eigenvalue weighted by atomic mass is 9.53. The topological polar surface area (TPSA) is 99.3 Å². The van der Waals surface area contributed by atoms with Gasteiger partial charge in [-0.15, -0.1) is 0 Å². The molecular weight excluding hydrogens is 360 g/mol. The Bertz CT molecular complexity index is 722. The van der Waals surface area contributed by atoms with Crippen LogP contribution in [0.25, 0.3) is 0 Å². The number of amides is 1. The number of ether oxygens (including phenoxy) is 1. The Morgan fingerprint density at radius 3 is 2.46 bits per heavy atom. The molecule has 4 fully saturated rings. The van der Waals surface area contributed by atoms with Crippen LogP contribution in [0.3, 0.4) is 0 Å². The maximum atomic E-state index is 12.6. The van der Waals surface area contributed by atoms with Crippen LogP contribution in [0, 0.1) is 27.9 Å². The van der Waals surface area contributed by atoms with E-state index in [4.69, 9.17) is 4.74 Å². The number of aromatic nitrogens is 2. The smallest absolute Gasteiger partial charge is 0.320 e. The van der Waals surface area contributed by atoms with Crippen molar-refractivity contribution in [3.8, 4) is 0 Å². The second-order valence-electron chi connectivity index (χ2n) is 9.24. The Labute approximate surface area is 165 Å². The highest BCUT2D eigenvalue weighted by atomic mass is 16.6. The standard InChI is InChI=1S/C20H30N4O4/c1-13(2)28-5-3-4-21-19(25)18-17(24(26)27)12-23(22-18)20-9-14-6-15(10-20)8-16(7-14)11-20/h12-16H,3-11H2,1-2H3,(H,21,25). The SMILES string of the molecule is CC(C)OCCCNC(=O)c1nn(C23CC4CC(CC(C4)C2)C3)cc1[N+](=O)[O-]. The lowest BCUT2D eigenvalue weighted by Gasteiger charge is -2.56. The summed E-state index contributed by atoms with van der Waals surface area (Å²) >= 11 is 0. The molecule has 1 aromatic rings. The molecule has 1 heterocycles. The average molecular weight is 390 g/mol. The highest BCUT2D eigenvalue weighted by Crippen LogP contribution is 2.58. The van der Waals surface area contributed by atoms with E-state index in [1.54, 1.807) is 4.68 Å². The molecule has 8 heteroatoms. The van der Waals surface area contributed by atoms with Gasteiger partial charge in [0.1, 0.15) is 6.20 Å². The van der Waals surface area contributed by atoms with E-state index in [1.807, 2.05) is 13.8 Å². The molecule has 1 aromatic heterocycles. The maximum Gasteiger partial charge on any atom is 0.320 e. The molecular formula is C20H30N4O4. The minimum absolute atomic E-state index is 0.0643. The first-order valence-corrected chi connectivity index (χ1v) is 10.5. The number of nitrogens with zero attached hydrogens (tertiary/aromatic N) is 3. The van der Waals surface area contributed by atoms with Crippen LogP contribution >= 0.6 is 0 Å². The van der Waals surface area contributed by atoms with Crippen molar-refractivity contribution in [2.24, 2.45) is 17.8 Å². The van der Waals surface area contributed by atoms with Crippen LogP contribution in [0.4, 0.5) is 5.69 Å². The Balaban J connectivity index is 1.49. The van der Waals surface area contributed by atoms with Crippen LogP contribution in [0.1, 0.15) is 69.3 Å². The van der Waals surface area contributed by atoms with E-state index in [-0.39, 0.29) is 23.0 Å². The molecule has 0 saturated heterocycles. The zero-order valence-corrected chi connectivity index (χ0v) is 16.7. The minimum Gasteiger partial charge on any atom is -0.379 e. The zero-order chi connectivity index (χ0) is 19.9. The van der Waals surface area contributed by atoms with E-state index in [0.717, 1.165) is 19.3 Å². The van der Waals surface area contributed by atoms with Crippen molar-refractivity contribution in [2.75, 3.05) is 13.2 Å². The van der Waals surface area contributed by atoms with E-state index >= 15 is 0 Å². The lowest BCUT2D eigenvalue weighted by molar-refractivity contribution is -0.385. The van der Waals surface area contributed by atoms with Gasteiger partial charge in [-0.1, -0.05) is 0 Å². The fourth-order valence-electron chi connectivity index (χ4n) is 5.93. The Hall–Kier alpha value is -1.96. The van der Waals surface area contributed by atoms with E-state index in [0.29, 0.717) is 37.3 Å². The molecule has 8 nitrogen and oxygen atoms in total. The van der Waals surface area contributed by atoms with Crippen LogP contribution in [0.5, 0.6) is 0 Å². The van der Waals surface area contributed by atoms with Crippen molar-refractivity contribution < 1.29 is 14.5 Å². The Morgan fingerprint density at radius 2 is 1.93 bits per heavy atom. The molecule has 4 bridgehead atoms. The van der Waals surface area contributed by atoms with Gasteiger partial charge in [-0.25, -0.2) is 0 Å². The van der Waals surface area contributed by atoms with Crippen molar-refractivity contribution in [3.05, 3.63) is 22.0 Å². The average Bonchev–Trinajstić information content (AvgIpc) is 3.06. The normalized spacial score (nSPS) is 30.8. The summed E-state index contributed by atoms with van der Waals surface area (Å²) in [7, 11) is 0. The van der Waals surface area contributed by atoms with Gasteiger partial charge >= 0.3 is 5.69 Å². The second-order valence-corrected chi connectivity index (χ2v) is 9.24. The van der Waals surface area contributed by atoms with Crippen LogP contribution in [0.2, 0.25) is 0 Å². The number of hydrogen-bond acceptors (Lipinski definition) is 5. The molecule has 1 N–H and O–H groups in total. The number of hydrogen-bond donors (Lipinski definition) is 1. The van der Waals surface area contributed by atoms with Crippen molar-refractivity contribution >= 4 is 11.6 Å². The van der Waals surface area contributed by atoms with Gasteiger partial charge in [-0.2, -0.15) is 5.10 Å². The fraction of sp³-hybridized carbons (Fsp3) is 0.800. The minimum atomic E-state index is -0.485. The van der Waals surface area contributed by atoms with Gasteiger partial charge in [0.25, 0.3) is 5.91 Å². The molecule has 4 saturated carbocycles. The van der Waals surface area contributed by atoms with E-state index < -0.39 is 10.8 Å². The Morgan fingerprint density at radius 1 is 1.32 bits per heavy atom. The molecule has 0 spiro atoms. The molecule has 28 heavy (non-hydrogen) atoms. The largest absolute Gasteiger partial charge is 0.379 e. The van der Waals surface area contributed by atoms with E-state index in [9.17, 15) is 14.9 Å². The molecule has 154 valence electrons. The van der Waals surface area contributed by atoms with E-state index in [1.165, 1.54) is 25.5 Å². The lowest BCUT2D eigenvalue weighted by Crippen LogP contribution is -2.52. The van der Waals surface area contributed by atoms with Crippen molar-refractivity contribution in [1.29, 1.82) is 0 Å². The van der Waals surface area contributed by atoms with Gasteiger partial charge in [-0.05, 0) is 76.5 Å². The maximum absolute atomic E-state index is 12.6. The third-order valence-electron chi connectivity index (χ3n) is 6.66. The predicted octanol–water partition coefficient (Wildman–Crippen LogP) is 3.26. The third kappa shape index (κ3) is 3.66. The Kier molecular flexibility index (Phi) is 5.16. The van der Waals surface area contributed by atoms with Crippen molar-refractivity contribution in [2.45, 2.75) is 70.4 Å². The van der Waals surface area contributed by atoms with Gasteiger partial charge in [0.15, 0.2) is 0 Å². The molecule has 0 aliphatic heterocycles. The zero-order valence-electron chi connectivity index (χ0n) is 16.7. The summed E-state index contributed by atoms with van der Waals surface area (Å²) in [5.41, 5.74) is -0.388. The van der Waals surface area contributed by atoms with Gasteiger partial charge in [-0.3, -0.25) is 19.6 Å². The molecule has 0 atom stereocenters. The first-order valence-electron chi connectivity index (χ1n) is 10.5. The van der Waals surface area contributed by atoms with Gasteiger partial charge in [0.05, 0.1) is 16.6 Å². The van der Waals surface area contributed by atoms with Crippen molar-refractivity contribution in [3.63, 3.8) is 0 Å². The van der Waals surface area contributed by atoms with Crippen LogP contribution in [-0.4, -0.2) is 39.9 Å². The summed E-state index contributed by atoms with van der Waals surface area (Å²) in [4.78, 5) is 23.7. The van der Waals surface area contributed by atoms with Gasteiger partial charge < -0.3 is 10.1 Å². The van der Waals surface area contributed by atoms with E-state index in [2.05, 4.69) is 10.4 Å². The summed E-state index contributed by atoms with van der Waals surface area (Å²) < 4.78 is 7.24. The molecule has 5 rings (SSSR count). The van der Waals surface area contributed by atoms with Crippen LogP contribution in [0.15, 0.2) is 6.20 Å². The molecule has 0 unspecified atom stereocenters. The third-order valence-corrected chi connectivity index (χ3v) is 6.66. The quantitative estimate of drug-likeness (QED) is 0.417. The van der Waals surface area contributed by atoms with Gasteiger partial charge in [0, 0.05) is 13.2 Å². The number of nitrogens with one attached hydrogen (secondary N) is 1. The van der Waals surface area contributed by atoms with Crippen molar-refractivity contribution in [1.82, 2.24) is 15.1 Å². The fourth-order valence-corrected chi connectivity index (χ4v) is 5.93. The summed E-state index contributed by atoms with van der Waals surface area (Å²) in [5, 5.41) is 18.8. The predicted molar refractivity (Wildman–Crippen MR) is 103 cm³/mol. The highest BCUT2D eigenvalue weighted by Gasteiger charge is 2.53. The second kappa shape index (κ2) is 7.46. The number of nitro groups is 1. The molecule has 1 amide bonds. The first kappa shape index (κ1) is 19.4. The first-order chi connectivity index (χ1) is 13.4. The summed E-state index contributed by atoms with van der Waals surface area (Å²) in [6.07, 6.45) is 9.27. The summed E-state index contributed by atoms with van der Waals surface area (Å²) in [6.45, 7) is 4.87. The number of rotatable bonds is 8. The number of carbonyl (C=O) groups excluding carboxylic acids is 1. The summed E-state index contributed by atoms with van der Waals surface area (Å²) in [6, 6.07) is 0. The monoisotopic (exact) mass is 390 g/mol. The molecule has 0 aromatic carbocycles. The van der Waals surface area contributed by atoms with Gasteiger partial charge in [0.2, 0.25) is 5.69 Å². The van der Waals surface area contributed by atoms with Crippen LogP contribution < -0.4 is 5.32 Å². The summed E-state index contributed by atoms with van der Waals surface area (Å²) in [5.74, 6) is 1.63. The van der Waals surface area contributed by atoms with Crippen LogP contribution in [-0.2, 0) is 10.3 Å². The number of carbonyl (C=O) groups is 1.